The van der Waals surface area contributed by atoms with Crippen molar-refractivity contribution >= 4 is 15.9 Å². The third-order valence-corrected chi connectivity index (χ3v) is 4.16. The Morgan fingerprint density at radius 1 is 1.50 bits per heavy atom. The summed E-state index contributed by atoms with van der Waals surface area (Å²) in [6.07, 6.45) is 2.74. The summed E-state index contributed by atoms with van der Waals surface area (Å²) in [7, 11) is -3.11. The molecule has 0 aromatic carbocycles. The Balaban J connectivity index is 2.61. The fraction of sp³-hybridized carbons (Fsp3) is 0.615. The Kier molecular flexibility index (Phi) is 5.62. The van der Waals surface area contributed by atoms with Crippen LogP contribution in [0.3, 0.4) is 0 Å². The summed E-state index contributed by atoms with van der Waals surface area (Å²) < 4.78 is 27.8. The van der Waals surface area contributed by atoms with Gasteiger partial charge in [0.25, 0.3) is 0 Å². The predicted octanol–water partition coefficient (Wildman–Crippen LogP) is 1.55. The van der Waals surface area contributed by atoms with E-state index in [0.717, 1.165) is 11.3 Å². The monoisotopic (exact) mass is 302 g/mol. The van der Waals surface area contributed by atoms with E-state index in [4.69, 9.17) is 4.42 Å². The van der Waals surface area contributed by atoms with E-state index in [-0.39, 0.29) is 17.8 Å². The van der Waals surface area contributed by atoms with E-state index in [1.807, 2.05) is 13.8 Å². The summed E-state index contributed by atoms with van der Waals surface area (Å²) in [5.41, 5.74) is 0.908. The minimum absolute atomic E-state index is 0.0427. The highest BCUT2D eigenvalue weighted by Crippen LogP contribution is 2.09. The normalized spacial score (nSPS) is 13.0. The van der Waals surface area contributed by atoms with Crippen LogP contribution >= 0.6 is 0 Å². The van der Waals surface area contributed by atoms with Gasteiger partial charge in [-0.25, -0.2) is 13.2 Å². The minimum Gasteiger partial charge on any atom is -0.469 e. The van der Waals surface area contributed by atoms with Gasteiger partial charge < -0.3 is 14.6 Å². The molecule has 0 aliphatic carbocycles. The third kappa shape index (κ3) is 4.88. The standard InChI is InChI=1S/C13H22N2O4S/c1-5-15(10(2)9-20(4,17)18)13(16)14-8-12-6-7-19-11(12)3/h6-7,10H,5,8-9H2,1-4H3,(H,14,16)/t10-/m1/s1. The maximum absolute atomic E-state index is 12.1. The molecule has 1 atom stereocenters. The first-order valence-electron chi connectivity index (χ1n) is 6.49. The van der Waals surface area contributed by atoms with Crippen molar-refractivity contribution in [3.8, 4) is 0 Å². The highest BCUT2D eigenvalue weighted by atomic mass is 32.2. The molecule has 1 heterocycles. The van der Waals surface area contributed by atoms with Gasteiger partial charge in [-0.05, 0) is 26.8 Å². The average molecular weight is 302 g/mol. The summed E-state index contributed by atoms with van der Waals surface area (Å²) in [5.74, 6) is 0.719. The second kappa shape index (κ2) is 6.78. The van der Waals surface area contributed by atoms with Gasteiger partial charge in [-0.3, -0.25) is 0 Å². The number of urea groups is 1. The van der Waals surface area contributed by atoms with Crippen LogP contribution < -0.4 is 5.32 Å². The van der Waals surface area contributed by atoms with Crippen LogP contribution in [-0.4, -0.2) is 43.9 Å². The lowest BCUT2D eigenvalue weighted by molar-refractivity contribution is 0.187. The average Bonchev–Trinajstić information content (AvgIpc) is 2.70. The summed E-state index contributed by atoms with van der Waals surface area (Å²) in [5, 5.41) is 2.78. The molecular weight excluding hydrogens is 280 g/mol. The number of nitrogens with zero attached hydrogens (tertiary/aromatic N) is 1. The molecule has 1 aromatic rings. The quantitative estimate of drug-likeness (QED) is 0.864. The van der Waals surface area contributed by atoms with E-state index >= 15 is 0 Å². The van der Waals surface area contributed by atoms with Crippen molar-refractivity contribution in [2.24, 2.45) is 0 Å². The number of hydrogen-bond acceptors (Lipinski definition) is 4. The van der Waals surface area contributed by atoms with Gasteiger partial charge in [-0.2, -0.15) is 0 Å². The summed E-state index contributed by atoms with van der Waals surface area (Å²) in [6, 6.07) is 1.16. The summed E-state index contributed by atoms with van der Waals surface area (Å²) in [6.45, 7) is 6.19. The number of furan rings is 1. The molecule has 20 heavy (non-hydrogen) atoms. The van der Waals surface area contributed by atoms with Crippen molar-refractivity contribution in [3.63, 3.8) is 0 Å². The van der Waals surface area contributed by atoms with Crippen molar-refractivity contribution < 1.29 is 17.6 Å². The number of sulfone groups is 1. The van der Waals surface area contributed by atoms with Crippen LogP contribution in [0.5, 0.6) is 0 Å². The van der Waals surface area contributed by atoms with Crippen molar-refractivity contribution in [3.05, 3.63) is 23.7 Å². The van der Waals surface area contributed by atoms with Crippen LogP contribution in [0.4, 0.5) is 4.79 Å². The number of aryl methyl sites for hydroxylation is 1. The molecule has 114 valence electrons. The lowest BCUT2D eigenvalue weighted by Crippen LogP contribution is -2.47. The van der Waals surface area contributed by atoms with E-state index in [0.29, 0.717) is 13.1 Å². The first-order chi connectivity index (χ1) is 9.24. The van der Waals surface area contributed by atoms with Gasteiger partial charge in [0.05, 0.1) is 12.0 Å². The molecule has 0 radical (unpaired) electrons. The number of rotatable bonds is 6. The molecule has 0 unspecified atom stereocenters. The molecule has 2 amide bonds. The molecule has 0 saturated heterocycles. The van der Waals surface area contributed by atoms with E-state index < -0.39 is 9.84 Å². The van der Waals surface area contributed by atoms with Crippen LogP contribution in [0.2, 0.25) is 0 Å². The summed E-state index contributed by atoms with van der Waals surface area (Å²) >= 11 is 0. The highest BCUT2D eigenvalue weighted by Gasteiger charge is 2.21. The first kappa shape index (κ1) is 16.6. The maximum Gasteiger partial charge on any atom is 0.317 e. The third-order valence-electron chi connectivity index (χ3n) is 3.07. The Morgan fingerprint density at radius 2 is 2.15 bits per heavy atom. The number of amides is 2. The number of carbonyl (C=O) groups is 1. The Labute approximate surface area is 120 Å². The van der Waals surface area contributed by atoms with Gasteiger partial charge in [0.1, 0.15) is 15.6 Å². The van der Waals surface area contributed by atoms with Gasteiger partial charge in [-0.15, -0.1) is 0 Å². The fourth-order valence-corrected chi connectivity index (χ4v) is 3.11. The van der Waals surface area contributed by atoms with Gasteiger partial charge in [0.2, 0.25) is 0 Å². The van der Waals surface area contributed by atoms with E-state index in [1.54, 1.807) is 19.3 Å². The SMILES string of the molecule is CCN(C(=O)NCc1ccoc1C)[C@H](C)CS(C)(=O)=O. The molecule has 7 heteroatoms. The lowest BCUT2D eigenvalue weighted by atomic mass is 10.2. The van der Waals surface area contributed by atoms with E-state index in [1.165, 1.54) is 11.2 Å². The second-order valence-electron chi connectivity index (χ2n) is 4.89. The molecular formula is C13H22N2O4S. The van der Waals surface area contributed by atoms with Gasteiger partial charge in [0, 0.05) is 31.0 Å². The summed E-state index contributed by atoms with van der Waals surface area (Å²) in [4.78, 5) is 13.6. The first-order valence-corrected chi connectivity index (χ1v) is 8.55. The Hall–Kier alpha value is -1.50. The molecule has 1 aromatic heterocycles. The zero-order valence-corrected chi connectivity index (χ0v) is 13.2. The number of nitrogens with one attached hydrogen (secondary N) is 1. The van der Waals surface area contributed by atoms with E-state index in [2.05, 4.69) is 5.32 Å². The minimum atomic E-state index is -3.11. The van der Waals surface area contributed by atoms with Crippen LogP contribution in [0.25, 0.3) is 0 Å². The number of hydrogen-bond donors (Lipinski definition) is 1. The lowest BCUT2D eigenvalue weighted by Gasteiger charge is -2.27. The zero-order chi connectivity index (χ0) is 15.3. The van der Waals surface area contributed by atoms with E-state index in [9.17, 15) is 13.2 Å². The Bertz CT molecular complexity index is 550. The molecule has 0 spiro atoms. The predicted molar refractivity (Wildman–Crippen MR) is 77.2 cm³/mol. The van der Waals surface area contributed by atoms with Crippen LogP contribution in [0, 0.1) is 6.92 Å². The fourth-order valence-electron chi connectivity index (χ4n) is 2.05. The van der Waals surface area contributed by atoms with Crippen molar-refractivity contribution in [2.45, 2.75) is 33.4 Å². The second-order valence-corrected chi connectivity index (χ2v) is 7.07. The zero-order valence-electron chi connectivity index (χ0n) is 12.3. The van der Waals surface area contributed by atoms with Crippen LogP contribution in [-0.2, 0) is 16.4 Å². The molecule has 0 bridgehead atoms. The largest absolute Gasteiger partial charge is 0.469 e. The molecule has 6 nitrogen and oxygen atoms in total. The van der Waals surface area contributed by atoms with Gasteiger partial charge in [0.15, 0.2) is 0 Å². The van der Waals surface area contributed by atoms with Gasteiger partial charge >= 0.3 is 6.03 Å². The maximum atomic E-state index is 12.1. The van der Waals surface area contributed by atoms with Crippen LogP contribution in [0.15, 0.2) is 16.7 Å². The molecule has 1 N–H and O–H groups in total. The van der Waals surface area contributed by atoms with Crippen molar-refractivity contribution in [1.29, 1.82) is 0 Å². The molecule has 0 saturated carbocycles. The molecule has 0 aliphatic heterocycles. The molecule has 0 aliphatic rings. The van der Waals surface area contributed by atoms with Gasteiger partial charge in [-0.1, -0.05) is 0 Å². The van der Waals surface area contributed by atoms with Crippen LogP contribution in [0.1, 0.15) is 25.2 Å². The highest BCUT2D eigenvalue weighted by molar-refractivity contribution is 7.90. The molecule has 1 rings (SSSR count). The van der Waals surface area contributed by atoms with Crippen molar-refractivity contribution in [1.82, 2.24) is 10.2 Å². The van der Waals surface area contributed by atoms with Crippen molar-refractivity contribution in [2.75, 3.05) is 18.6 Å². The number of carbonyl (C=O) groups excluding carboxylic acids is 1. The molecule has 0 fully saturated rings. The topological polar surface area (TPSA) is 79.6 Å². The smallest absolute Gasteiger partial charge is 0.317 e. The Morgan fingerprint density at radius 3 is 2.60 bits per heavy atom.